The maximum absolute atomic E-state index is 12.4. The lowest BCUT2D eigenvalue weighted by molar-refractivity contribution is -0.130. The number of hydrogen-bond donors (Lipinski definition) is 1. The van der Waals surface area contributed by atoms with Crippen LogP contribution in [-0.4, -0.2) is 60.9 Å². The van der Waals surface area contributed by atoms with Crippen LogP contribution in [0.2, 0.25) is 0 Å². The van der Waals surface area contributed by atoms with Crippen molar-refractivity contribution in [1.29, 1.82) is 0 Å². The van der Waals surface area contributed by atoms with Gasteiger partial charge in [0.15, 0.2) is 5.65 Å². The molecule has 1 amide bonds. The van der Waals surface area contributed by atoms with E-state index in [0.717, 1.165) is 36.6 Å². The number of amides is 1. The van der Waals surface area contributed by atoms with E-state index < -0.39 is 6.04 Å². The van der Waals surface area contributed by atoms with Gasteiger partial charge in [0.25, 0.3) is 0 Å². The third-order valence-corrected chi connectivity index (χ3v) is 8.15. The van der Waals surface area contributed by atoms with Crippen molar-refractivity contribution in [1.82, 2.24) is 29.7 Å². The minimum Gasteiger partial charge on any atom is -0.373 e. The van der Waals surface area contributed by atoms with Crippen LogP contribution in [0.4, 0.5) is 0 Å². The van der Waals surface area contributed by atoms with Gasteiger partial charge in [0.2, 0.25) is 11.1 Å². The van der Waals surface area contributed by atoms with Gasteiger partial charge < -0.3 is 10.5 Å². The fraction of sp³-hybridized carbons (Fsp3) is 0.435. The maximum atomic E-state index is 12.4. The molecule has 4 heterocycles. The van der Waals surface area contributed by atoms with Gasteiger partial charge in [-0.25, -0.2) is 4.98 Å². The summed E-state index contributed by atoms with van der Waals surface area (Å²) in [4.78, 5) is 20.3. The van der Waals surface area contributed by atoms with Crippen LogP contribution in [0, 0.1) is 0 Å². The van der Waals surface area contributed by atoms with Crippen molar-refractivity contribution in [2.24, 2.45) is 5.73 Å². The number of thiazole rings is 1. The van der Waals surface area contributed by atoms with Crippen LogP contribution in [0.15, 0.2) is 40.4 Å². The standard InChI is InChI=1S/C23H25N7O2S2/c1-12-10-29(11-13(2)32-12)20(21(24)31)22-25-17-6-5-15(9-18(17)34-22)33-23-27-26-19-8-7-16(14-3-4-14)28-30(19)23/h5-9,12-14,20H,3-4,10-11H2,1-2H3,(H2,24,31). The average molecular weight is 496 g/mol. The number of hydrogen-bond acceptors (Lipinski definition) is 9. The lowest BCUT2D eigenvalue weighted by atomic mass is 10.1. The zero-order valence-corrected chi connectivity index (χ0v) is 20.6. The predicted molar refractivity (Wildman–Crippen MR) is 130 cm³/mol. The fourth-order valence-electron chi connectivity index (χ4n) is 4.54. The molecule has 0 radical (unpaired) electrons. The molecule has 2 N–H and O–H groups in total. The number of ether oxygens (including phenoxy) is 1. The number of rotatable bonds is 6. The van der Waals surface area contributed by atoms with Crippen LogP contribution in [0.25, 0.3) is 15.9 Å². The van der Waals surface area contributed by atoms with Gasteiger partial charge in [0, 0.05) is 23.9 Å². The summed E-state index contributed by atoms with van der Waals surface area (Å²) in [6.07, 6.45) is 2.47. The molecule has 1 saturated carbocycles. The van der Waals surface area contributed by atoms with Crippen molar-refractivity contribution in [2.75, 3.05) is 13.1 Å². The van der Waals surface area contributed by atoms with E-state index in [4.69, 9.17) is 20.6 Å². The second-order valence-corrected chi connectivity index (χ2v) is 11.2. The molecular weight excluding hydrogens is 470 g/mol. The summed E-state index contributed by atoms with van der Waals surface area (Å²) in [7, 11) is 0. The summed E-state index contributed by atoms with van der Waals surface area (Å²) in [5, 5.41) is 14.8. The van der Waals surface area contributed by atoms with Gasteiger partial charge >= 0.3 is 0 Å². The van der Waals surface area contributed by atoms with Crippen LogP contribution in [0.3, 0.4) is 0 Å². The van der Waals surface area contributed by atoms with Crippen LogP contribution in [0.5, 0.6) is 0 Å². The monoisotopic (exact) mass is 495 g/mol. The third-order valence-electron chi connectivity index (χ3n) is 6.15. The zero-order valence-electron chi connectivity index (χ0n) is 18.9. The van der Waals surface area contributed by atoms with Crippen molar-refractivity contribution < 1.29 is 9.53 Å². The Morgan fingerprint density at radius 3 is 2.71 bits per heavy atom. The molecule has 1 aliphatic carbocycles. The van der Waals surface area contributed by atoms with Gasteiger partial charge in [-0.2, -0.15) is 9.61 Å². The first-order valence-electron chi connectivity index (χ1n) is 11.4. The first-order chi connectivity index (χ1) is 16.4. The van der Waals surface area contributed by atoms with E-state index in [2.05, 4.69) is 21.2 Å². The highest BCUT2D eigenvalue weighted by Crippen LogP contribution is 2.39. The van der Waals surface area contributed by atoms with E-state index in [-0.39, 0.29) is 18.1 Å². The summed E-state index contributed by atoms with van der Waals surface area (Å²) in [6, 6.07) is 9.54. The molecule has 0 bridgehead atoms. The minimum absolute atomic E-state index is 0.0370. The second-order valence-electron chi connectivity index (χ2n) is 9.08. The minimum atomic E-state index is -0.562. The van der Waals surface area contributed by atoms with E-state index in [1.165, 1.54) is 35.9 Å². The predicted octanol–water partition coefficient (Wildman–Crippen LogP) is 3.40. The number of primary amides is 1. The molecular formula is C23H25N7O2S2. The number of aromatic nitrogens is 5. The van der Waals surface area contributed by atoms with Crippen molar-refractivity contribution in [3.63, 3.8) is 0 Å². The summed E-state index contributed by atoms with van der Waals surface area (Å²) >= 11 is 3.03. The molecule has 34 heavy (non-hydrogen) atoms. The molecule has 3 aromatic heterocycles. The Labute approximate surface area is 204 Å². The molecule has 11 heteroatoms. The fourth-order valence-corrected chi connectivity index (χ4v) is 6.59. The molecule has 1 saturated heterocycles. The molecule has 2 fully saturated rings. The van der Waals surface area contributed by atoms with Crippen LogP contribution >= 0.6 is 23.1 Å². The Morgan fingerprint density at radius 2 is 1.97 bits per heavy atom. The molecule has 3 atom stereocenters. The van der Waals surface area contributed by atoms with E-state index >= 15 is 0 Å². The Hall–Kier alpha value is -2.60. The number of carbonyl (C=O) groups is 1. The number of carbonyl (C=O) groups excluding carboxylic acids is 1. The van der Waals surface area contributed by atoms with E-state index in [1.807, 2.05) is 42.6 Å². The molecule has 6 rings (SSSR count). The van der Waals surface area contributed by atoms with Crippen LogP contribution < -0.4 is 5.73 Å². The molecule has 2 aliphatic rings. The quantitative estimate of drug-likeness (QED) is 0.433. The van der Waals surface area contributed by atoms with Crippen LogP contribution in [0.1, 0.15) is 49.4 Å². The molecule has 176 valence electrons. The largest absolute Gasteiger partial charge is 0.373 e. The van der Waals surface area contributed by atoms with Gasteiger partial charge in [-0.05, 0) is 68.8 Å². The Bertz CT molecular complexity index is 1370. The van der Waals surface area contributed by atoms with E-state index in [0.29, 0.717) is 19.0 Å². The Morgan fingerprint density at radius 1 is 1.18 bits per heavy atom. The van der Waals surface area contributed by atoms with E-state index in [9.17, 15) is 4.79 Å². The van der Waals surface area contributed by atoms with Crippen molar-refractivity contribution in [3.8, 4) is 0 Å². The number of nitrogens with zero attached hydrogens (tertiary/aromatic N) is 6. The number of nitrogens with two attached hydrogens (primary N) is 1. The van der Waals surface area contributed by atoms with Crippen molar-refractivity contribution in [2.45, 2.75) is 60.9 Å². The number of morpholine rings is 1. The molecule has 4 aromatic rings. The summed E-state index contributed by atoms with van der Waals surface area (Å²) in [6.45, 7) is 5.31. The third kappa shape index (κ3) is 4.17. The summed E-state index contributed by atoms with van der Waals surface area (Å²) < 4.78 is 8.65. The summed E-state index contributed by atoms with van der Waals surface area (Å²) in [5.74, 6) is 0.176. The highest BCUT2D eigenvalue weighted by atomic mass is 32.2. The molecule has 3 unspecified atom stereocenters. The van der Waals surface area contributed by atoms with Gasteiger partial charge in [0.1, 0.15) is 11.0 Å². The number of benzene rings is 1. The second kappa shape index (κ2) is 8.56. The lowest BCUT2D eigenvalue weighted by Gasteiger charge is -2.38. The normalized spacial score (nSPS) is 22.4. The SMILES string of the molecule is CC1CN(C(C(N)=O)c2nc3ccc(Sc4nnc5ccc(C6CC6)nn45)cc3s2)CC(C)O1. The average Bonchev–Trinajstić information content (AvgIpc) is 3.45. The maximum Gasteiger partial charge on any atom is 0.241 e. The Balaban J connectivity index is 1.29. The highest BCUT2D eigenvalue weighted by molar-refractivity contribution is 7.99. The van der Waals surface area contributed by atoms with Gasteiger partial charge in [0.05, 0.1) is 28.1 Å². The molecule has 1 aromatic carbocycles. The van der Waals surface area contributed by atoms with Crippen molar-refractivity contribution in [3.05, 3.63) is 41.0 Å². The van der Waals surface area contributed by atoms with Crippen molar-refractivity contribution >= 4 is 44.9 Å². The first-order valence-corrected chi connectivity index (χ1v) is 13.1. The van der Waals surface area contributed by atoms with Gasteiger partial charge in [-0.1, -0.05) is 0 Å². The van der Waals surface area contributed by atoms with E-state index in [1.54, 1.807) is 0 Å². The molecule has 0 spiro atoms. The van der Waals surface area contributed by atoms with Gasteiger partial charge in [-0.15, -0.1) is 21.5 Å². The first kappa shape index (κ1) is 21.9. The smallest absolute Gasteiger partial charge is 0.241 e. The highest BCUT2D eigenvalue weighted by Gasteiger charge is 2.34. The van der Waals surface area contributed by atoms with Gasteiger partial charge in [-0.3, -0.25) is 9.69 Å². The Kier molecular flexibility index (Phi) is 5.51. The number of fused-ring (bicyclic) bond motifs is 2. The lowest BCUT2D eigenvalue weighted by Crippen LogP contribution is -2.50. The topological polar surface area (TPSA) is 112 Å². The van der Waals surface area contributed by atoms with Crippen LogP contribution in [-0.2, 0) is 9.53 Å². The molecule has 9 nitrogen and oxygen atoms in total. The zero-order chi connectivity index (χ0) is 23.4. The molecule has 1 aliphatic heterocycles. The summed E-state index contributed by atoms with van der Waals surface area (Å²) in [5.41, 5.74) is 8.53.